The van der Waals surface area contributed by atoms with Crippen LogP contribution in [0, 0.1) is 0 Å². The Bertz CT molecular complexity index is 524. The van der Waals surface area contributed by atoms with Crippen LogP contribution < -0.4 is 0 Å². The second-order valence-electron chi connectivity index (χ2n) is 4.29. The highest BCUT2D eigenvalue weighted by Gasteiger charge is 2.37. The van der Waals surface area contributed by atoms with Crippen molar-refractivity contribution >= 4 is 0 Å². The molecule has 0 amide bonds. The molecule has 0 saturated heterocycles. The van der Waals surface area contributed by atoms with Crippen LogP contribution in [0.3, 0.4) is 0 Å². The van der Waals surface area contributed by atoms with Crippen LogP contribution in [0.25, 0.3) is 0 Å². The van der Waals surface area contributed by atoms with Crippen LogP contribution in [-0.4, -0.2) is 0 Å². The molecule has 18 heavy (non-hydrogen) atoms. The molecular formula is C16H14O2. The molecule has 0 unspecified atom stereocenters. The molecule has 0 aliphatic carbocycles. The molecule has 0 N–H and O–H groups in total. The SMILES string of the molecule is C1=COC(Cc2ccccc2)(c2ccccc2)O1. The molecule has 90 valence electrons. The predicted molar refractivity (Wildman–Crippen MR) is 69.6 cm³/mol. The minimum Gasteiger partial charge on any atom is -0.452 e. The number of hydrogen-bond donors (Lipinski definition) is 0. The average Bonchev–Trinajstić information content (AvgIpc) is 2.91. The molecular weight excluding hydrogens is 224 g/mol. The van der Waals surface area contributed by atoms with Gasteiger partial charge < -0.3 is 9.47 Å². The van der Waals surface area contributed by atoms with Crippen molar-refractivity contribution in [3.8, 4) is 0 Å². The molecule has 3 rings (SSSR count). The fourth-order valence-corrected chi connectivity index (χ4v) is 2.18. The normalized spacial score (nSPS) is 16.0. The Morgan fingerprint density at radius 2 is 1.28 bits per heavy atom. The summed E-state index contributed by atoms with van der Waals surface area (Å²) in [5.41, 5.74) is 2.21. The minimum absolute atomic E-state index is 0.685. The van der Waals surface area contributed by atoms with E-state index in [4.69, 9.17) is 9.47 Å². The first-order valence-corrected chi connectivity index (χ1v) is 5.99. The van der Waals surface area contributed by atoms with Gasteiger partial charge in [0.05, 0.1) is 6.42 Å². The van der Waals surface area contributed by atoms with Gasteiger partial charge in [-0.25, -0.2) is 0 Å². The second kappa shape index (κ2) is 4.57. The highest BCUT2D eigenvalue weighted by molar-refractivity contribution is 5.26. The molecule has 1 aliphatic heterocycles. The monoisotopic (exact) mass is 238 g/mol. The third kappa shape index (κ3) is 1.97. The van der Waals surface area contributed by atoms with E-state index in [0.717, 1.165) is 5.56 Å². The Morgan fingerprint density at radius 1 is 0.722 bits per heavy atom. The third-order valence-electron chi connectivity index (χ3n) is 3.07. The van der Waals surface area contributed by atoms with Gasteiger partial charge in [0.2, 0.25) is 0 Å². The fraction of sp³-hybridized carbons (Fsp3) is 0.125. The van der Waals surface area contributed by atoms with Crippen molar-refractivity contribution < 1.29 is 9.47 Å². The number of benzene rings is 2. The van der Waals surface area contributed by atoms with Crippen LogP contribution in [0.4, 0.5) is 0 Å². The van der Waals surface area contributed by atoms with Crippen molar-refractivity contribution in [3.63, 3.8) is 0 Å². The number of rotatable bonds is 3. The van der Waals surface area contributed by atoms with Gasteiger partial charge in [0.15, 0.2) is 0 Å². The van der Waals surface area contributed by atoms with Crippen molar-refractivity contribution in [3.05, 3.63) is 84.3 Å². The summed E-state index contributed by atoms with van der Waals surface area (Å²) in [6, 6.07) is 20.2. The van der Waals surface area contributed by atoms with Gasteiger partial charge >= 0.3 is 0 Å². The molecule has 2 aromatic rings. The van der Waals surface area contributed by atoms with Gasteiger partial charge in [-0.1, -0.05) is 60.7 Å². The molecule has 0 atom stereocenters. The molecule has 2 heteroatoms. The van der Waals surface area contributed by atoms with Crippen LogP contribution in [-0.2, 0) is 21.7 Å². The molecule has 0 fully saturated rings. The van der Waals surface area contributed by atoms with Crippen molar-refractivity contribution in [1.82, 2.24) is 0 Å². The Morgan fingerprint density at radius 3 is 1.89 bits per heavy atom. The molecule has 1 aliphatic rings. The Hall–Kier alpha value is -2.22. The largest absolute Gasteiger partial charge is 0.452 e. The zero-order valence-corrected chi connectivity index (χ0v) is 9.95. The first kappa shape index (κ1) is 10.9. The van der Waals surface area contributed by atoms with Gasteiger partial charge in [-0.05, 0) is 5.56 Å². The fourth-order valence-electron chi connectivity index (χ4n) is 2.18. The Labute approximate surface area is 106 Å². The van der Waals surface area contributed by atoms with Crippen molar-refractivity contribution in [2.45, 2.75) is 12.2 Å². The Kier molecular flexibility index (Phi) is 2.77. The lowest BCUT2D eigenvalue weighted by molar-refractivity contribution is -0.148. The molecule has 0 saturated carbocycles. The number of ether oxygens (including phenoxy) is 2. The van der Waals surface area contributed by atoms with Gasteiger partial charge in [0.1, 0.15) is 12.5 Å². The van der Waals surface area contributed by atoms with E-state index in [1.54, 1.807) is 12.5 Å². The molecule has 0 radical (unpaired) electrons. The van der Waals surface area contributed by atoms with Crippen molar-refractivity contribution in [1.29, 1.82) is 0 Å². The highest BCUT2D eigenvalue weighted by atomic mass is 16.7. The standard InChI is InChI=1S/C16H14O2/c1-3-7-14(8-4-1)13-16(17-11-12-18-16)15-9-5-2-6-10-15/h1-12H,13H2. The van der Waals surface area contributed by atoms with Crippen LogP contribution >= 0.6 is 0 Å². The van der Waals surface area contributed by atoms with E-state index in [-0.39, 0.29) is 0 Å². The maximum absolute atomic E-state index is 5.73. The van der Waals surface area contributed by atoms with Crippen LogP contribution in [0.5, 0.6) is 0 Å². The van der Waals surface area contributed by atoms with E-state index >= 15 is 0 Å². The van der Waals surface area contributed by atoms with Crippen LogP contribution in [0.2, 0.25) is 0 Å². The van der Waals surface area contributed by atoms with Crippen molar-refractivity contribution in [2.24, 2.45) is 0 Å². The van der Waals surface area contributed by atoms with Crippen LogP contribution in [0.15, 0.2) is 73.2 Å². The summed E-state index contributed by atoms with van der Waals surface area (Å²) in [5, 5.41) is 0. The van der Waals surface area contributed by atoms with Gasteiger partial charge in [-0.2, -0.15) is 0 Å². The lowest BCUT2D eigenvalue weighted by Crippen LogP contribution is -2.29. The molecule has 0 aromatic heterocycles. The zero-order valence-electron chi connectivity index (χ0n) is 9.95. The minimum atomic E-state index is -0.720. The molecule has 0 bridgehead atoms. The maximum atomic E-state index is 5.73. The molecule has 1 heterocycles. The predicted octanol–water partition coefficient (Wildman–Crippen LogP) is 3.60. The van der Waals surface area contributed by atoms with Gasteiger partial charge in [0.25, 0.3) is 5.79 Å². The maximum Gasteiger partial charge on any atom is 0.280 e. The quantitative estimate of drug-likeness (QED) is 0.813. The summed E-state index contributed by atoms with van der Waals surface area (Å²) in [4.78, 5) is 0. The van der Waals surface area contributed by atoms with Gasteiger partial charge in [0, 0.05) is 5.56 Å². The average molecular weight is 238 g/mol. The Balaban J connectivity index is 1.93. The lowest BCUT2D eigenvalue weighted by atomic mass is 9.97. The lowest BCUT2D eigenvalue weighted by Gasteiger charge is -2.28. The van der Waals surface area contributed by atoms with Crippen molar-refractivity contribution in [2.75, 3.05) is 0 Å². The molecule has 2 aromatic carbocycles. The van der Waals surface area contributed by atoms with E-state index in [0.29, 0.717) is 6.42 Å². The van der Waals surface area contributed by atoms with E-state index in [1.807, 2.05) is 48.5 Å². The first-order chi connectivity index (χ1) is 8.89. The summed E-state index contributed by atoms with van der Waals surface area (Å²) in [7, 11) is 0. The first-order valence-electron chi connectivity index (χ1n) is 5.99. The van der Waals surface area contributed by atoms with Gasteiger partial charge in [-0.3, -0.25) is 0 Å². The molecule has 0 spiro atoms. The summed E-state index contributed by atoms with van der Waals surface area (Å²) in [6.45, 7) is 0. The smallest absolute Gasteiger partial charge is 0.280 e. The topological polar surface area (TPSA) is 18.5 Å². The summed E-state index contributed by atoms with van der Waals surface area (Å²) in [6.07, 6.45) is 3.90. The van der Waals surface area contributed by atoms with E-state index in [9.17, 15) is 0 Å². The van der Waals surface area contributed by atoms with Crippen LogP contribution in [0.1, 0.15) is 11.1 Å². The summed E-state index contributed by atoms with van der Waals surface area (Å²) < 4.78 is 11.5. The molecule has 2 nitrogen and oxygen atoms in total. The van der Waals surface area contributed by atoms with E-state index in [1.165, 1.54) is 5.56 Å². The second-order valence-corrected chi connectivity index (χ2v) is 4.29. The highest BCUT2D eigenvalue weighted by Crippen LogP contribution is 2.35. The number of hydrogen-bond acceptors (Lipinski definition) is 2. The zero-order chi connectivity index (χ0) is 12.3. The summed E-state index contributed by atoms with van der Waals surface area (Å²) >= 11 is 0. The summed E-state index contributed by atoms with van der Waals surface area (Å²) in [5.74, 6) is -0.720. The van der Waals surface area contributed by atoms with E-state index in [2.05, 4.69) is 12.1 Å². The third-order valence-corrected chi connectivity index (χ3v) is 3.07. The van der Waals surface area contributed by atoms with E-state index < -0.39 is 5.79 Å². The van der Waals surface area contributed by atoms with Gasteiger partial charge in [-0.15, -0.1) is 0 Å².